The van der Waals surface area contributed by atoms with Gasteiger partial charge in [0.1, 0.15) is 6.17 Å². The Morgan fingerprint density at radius 1 is 0.862 bits per heavy atom. The van der Waals surface area contributed by atoms with Gasteiger partial charge in [0, 0.05) is 11.4 Å². The van der Waals surface area contributed by atoms with Gasteiger partial charge in [-0.05, 0) is 65.8 Å². The lowest BCUT2D eigenvalue weighted by molar-refractivity contribution is 0.0975. The molecule has 0 aliphatic carbocycles. The number of para-hydroxylation sites is 1. The average molecular weight is 385 g/mol. The van der Waals surface area contributed by atoms with Crippen LogP contribution in [0.25, 0.3) is 0 Å². The number of nitrogens with one attached hydrogen (secondary N) is 1. The van der Waals surface area contributed by atoms with Crippen LogP contribution in [0, 0.1) is 13.8 Å². The molecule has 1 atom stereocenters. The summed E-state index contributed by atoms with van der Waals surface area (Å²) in [5.41, 5.74) is 7.23. The summed E-state index contributed by atoms with van der Waals surface area (Å²) in [6, 6.07) is 22.6. The number of aryl methyl sites for hydroxylation is 2. The standard InChI is InChI=1S/C26H28N2O/c1-17-14-18(2)16-21(15-17)28-24(19-10-12-20(13-11-19)26(3,4)5)27-23-9-7-6-8-22(23)25(28)29/h6-16,24,27H,1-5H3/t24-/m0/s1. The number of amides is 1. The van der Waals surface area contributed by atoms with E-state index in [-0.39, 0.29) is 17.5 Å². The van der Waals surface area contributed by atoms with E-state index in [1.165, 1.54) is 5.56 Å². The van der Waals surface area contributed by atoms with E-state index < -0.39 is 0 Å². The predicted molar refractivity (Wildman–Crippen MR) is 121 cm³/mol. The number of hydrogen-bond donors (Lipinski definition) is 1. The number of anilines is 2. The molecule has 3 aromatic carbocycles. The number of benzene rings is 3. The first kappa shape index (κ1) is 19.3. The van der Waals surface area contributed by atoms with Gasteiger partial charge in [0.05, 0.1) is 5.56 Å². The van der Waals surface area contributed by atoms with Crippen LogP contribution in [0.2, 0.25) is 0 Å². The summed E-state index contributed by atoms with van der Waals surface area (Å²) >= 11 is 0. The van der Waals surface area contributed by atoms with Gasteiger partial charge in [-0.3, -0.25) is 9.69 Å². The Labute approximate surface area is 173 Å². The van der Waals surface area contributed by atoms with Crippen LogP contribution < -0.4 is 10.2 Å². The Morgan fingerprint density at radius 3 is 2.10 bits per heavy atom. The lowest BCUT2D eigenvalue weighted by Crippen LogP contribution is -2.43. The quantitative estimate of drug-likeness (QED) is 0.556. The molecule has 1 N–H and O–H groups in total. The van der Waals surface area contributed by atoms with Crippen molar-refractivity contribution in [3.05, 3.63) is 94.5 Å². The lowest BCUT2D eigenvalue weighted by Gasteiger charge is -2.38. The van der Waals surface area contributed by atoms with Gasteiger partial charge in [0.15, 0.2) is 0 Å². The summed E-state index contributed by atoms with van der Waals surface area (Å²) in [5, 5.41) is 3.59. The topological polar surface area (TPSA) is 32.3 Å². The number of rotatable bonds is 2. The molecular weight excluding hydrogens is 356 g/mol. The van der Waals surface area contributed by atoms with Crippen LogP contribution in [-0.4, -0.2) is 5.91 Å². The molecule has 29 heavy (non-hydrogen) atoms. The molecule has 0 saturated heterocycles. The monoisotopic (exact) mass is 384 g/mol. The van der Waals surface area contributed by atoms with Gasteiger partial charge in [-0.15, -0.1) is 0 Å². The number of nitrogens with zero attached hydrogens (tertiary/aromatic N) is 1. The smallest absolute Gasteiger partial charge is 0.262 e. The maximum Gasteiger partial charge on any atom is 0.262 e. The fourth-order valence-corrected chi connectivity index (χ4v) is 4.01. The Bertz CT molecular complexity index is 1040. The van der Waals surface area contributed by atoms with Crippen LogP contribution in [0.1, 0.15) is 59.5 Å². The first-order valence-corrected chi connectivity index (χ1v) is 10.1. The van der Waals surface area contributed by atoms with Gasteiger partial charge in [-0.2, -0.15) is 0 Å². The van der Waals surface area contributed by atoms with E-state index in [0.29, 0.717) is 5.56 Å². The Hall–Kier alpha value is -3.07. The maximum atomic E-state index is 13.5. The van der Waals surface area contributed by atoms with Crippen molar-refractivity contribution in [2.75, 3.05) is 10.2 Å². The van der Waals surface area contributed by atoms with E-state index in [1.54, 1.807) is 0 Å². The molecule has 3 heteroatoms. The Kier molecular flexibility index (Phi) is 4.70. The Morgan fingerprint density at radius 2 is 1.48 bits per heavy atom. The van der Waals surface area contributed by atoms with Crippen molar-refractivity contribution in [3.63, 3.8) is 0 Å². The van der Waals surface area contributed by atoms with Crippen molar-refractivity contribution < 1.29 is 4.79 Å². The predicted octanol–water partition coefficient (Wildman–Crippen LogP) is 6.37. The largest absolute Gasteiger partial charge is 0.360 e. The molecule has 1 amide bonds. The van der Waals surface area contributed by atoms with E-state index >= 15 is 0 Å². The van der Waals surface area contributed by atoms with Crippen LogP contribution in [-0.2, 0) is 5.41 Å². The second-order valence-corrected chi connectivity index (χ2v) is 8.99. The molecule has 4 rings (SSSR count). The molecule has 148 valence electrons. The van der Waals surface area contributed by atoms with E-state index in [0.717, 1.165) is 28.1 Å². The van der Waals surface area contributed by atoms with Crippen molar-refractivity contribution in [3.8, 4) is 0 Å². The Balaban J connectivity index is 1.84. The zero-order valence-corrected chi connectivity index (χ0v) is 17.8. The molecule has 3 nitrogen and oxygen atoms in total. The minimum absolute atomic E-state index is 0.0225. The van der Waals surface area contributed by atoms with E-state index in [2.05, 4.69) is 82.4 Å². The molecule has 0 saturated carbocycles. The van der Waals surface area contributed by atoms with Crippen molar-refractivity contribution in [1.29, 1.82) is 0 Å². The van der Waals surface area contributed by atoms with E-state index in [9.17, 15) is 4.79 Å². The summed E-state index contributed by atoms with van der Waals surface area (Å²) in [6.07, 6.45) is -0.257. The average Bonchev–Trinajstić information content (AvgIpc) is 2.66. The summed E-state index contributed by atoms with van der Waals surface area (Å²) in [5.74, 6) is 0.0225. The molecule has 1 heterocycles. The third-order valence-electron chi connectivity index (χ3n) is 5.50. The molecule has 3 aromatic rings. The summed E-state index contributed by atoms with van der Waals surface area (Å²) in [6.45, 7) is 10.8. The second kappa shape index (κ2) is 7.07. The molecule has 0 spiro atoms. The van der Waals surface area contributed by atoms with Crippen LogP contribution in [0.15, 0.2) is 66.7 Å². The number of carbonyl (C=O) groups excluding carboxylic acids is 1. The summed E-state index contributed by atoms with van der Waals surface area (Å²) in [4.78, 5) is 15.4. The first-order chi connectivity index (χ1) is 13.7. The van der Waals surface area contributed by atoms with Gasteiger partial charge in [0.2, 0.25) is 0 Å². The van der Waals surface area contributed by atoms with Crippen molar-refractivity contribution in [1.82, 2.24) is 0 Å². The minimum atomic E-state index is -0.257. The van der Waals surface area contributed by atoms with Gasteiger partial charge in [0.25, 0.3) is 5.91 Å². The highest BCUT2D eigenvalue weighted by atomic mass is 16.2. The van der Waals surface area contributed by atoms with Crippen molar-refractivity contribution in [2.24, 2.45) is 0 Å². The highest BCUT2D eigenvalue weighted by Crippen LogP contribution is 2.37. The number of fused-ring (bicyclic) bond motifs is 1. The zero-order valence-electron chi connectivity index (χ0n) is 17.8. The fraction of sp³-hybridized carbons (Fsp3) is 0.269. The van der Waals surface area contributed by atoms with E-state index in [4.69, 9.17) is 0 Å². The zero-order chi connectivity index (χ0) is 20.8. The van der Waals surface area contributed by atoms with Crippen LogP contribution in [0.4, 0.5) is 11.4 Å². The highest BCUT2D eigenvalue weighted by Gasteiger charge is 2.34. The van der Waals surface area contributed by atoms with Crippen molar-refractivity contribution in [2.45, 2.75) is 46.2 Å². The molecule has 1 aliphatic rings. The van der Waals surface area contributed by atoms with Crippen LogP contribution in [0.3, 0.4) is 0 Å². The van der Waals surface area contributed by atoms with Gasteiger partial charge in [-0.1, -0.05) is 63.2 Å². The normalized spacial score (nSPS) is 16.4. The molecule has 0 aromatic heterocycles. The molecule has 1 aliphatic heterocycles. The number of hydrogen-bond acceptors (Lipinski definition) is 2. The molecular formula is C26H28N2O. The second-order valence-electron chi connectivity index (χ2n) is 8.99. The third kappa shape index (κ3) is 3.65. The third-order valence-corrected chi connectivity index (χ3v) is 5.50. The minimum Gasteiger partial charge on any atom is -0.360 e. The lowest BCUT2D eigenvalue weighted by atomic mass is 9.86. The van der Waals surface area contributed by atoms with Gasteiger partial charge >= 0.3 is 0 Å². The van der Waals surface area contributed by atoms with Crippen LogP contribution >= 0.6 is 0 Å². The maximum absolute atomic E-state index is 13.5. The first-order valence-electron chi connectivity index (χ1n) is 10.1. The molecule has 0 fully saturated rings. The summed E-state index contributed by atoms with van der Waals surface area (Å²) < 4.78 is 0. The van der Waals surface area contributed by atoms with E-state index in [1.807, 2.05) is 29.2 Å². The molecule has 0 radical (unpaired) electrons. The van der Waals surface area contributed by atoms with Gasteiger partial charge in [-0.25, -0.2) is 0 Å². The molecule has 0 unspecified atom stereocenters. The van der Waals surface area contributed by atoms with Crippen molar-refractivity contribution >= 4 is 17.3 Å². The van der Waals surface area contributed by atoms with Crippen LogP contribution in [0.5, 0.6) is 0 Å². The van der Waals surface area contributed by atoms with Gasteiger partial charge < -0.3 is 5.32 Å². The highest BCUT2D eigenvalue weighted by molar-refractivity contribution is 6.12. The SMILES string of the molecule is Cc1cc(C)cc(N2C(=O)c3ccccc3N[C@@H]2c2ccc(C(C)(C)C)cc2)c1. The fourth-order valence-electron chi connectivity index (χ4n) is 4.01. The number of carbonyl (C=O) groups is 1. The summed E-state index contributed by atoms with van der Waals surface area (Å²) in [7, 11) is 0. The molecule has 0 bridgehead atoms.